The Morgan fingerprint density at radius 1 is 0.889 bits per heavy atom. The summed E-state index contributed by atoms with van der Waals surface area (Å²) in [6.07, 6.45) is 2.24. The number of anilines is 1. The Labute approximate surface area is 212 Å². The molecule has 0 spiro atoms. The summed E-state index contributed by atoms with van der Waals surface area (Å²) >= 11 is 0. The average Bonchev–Trinajstić information content (AvgIpc) is 2.79. The number of amides is 1. The minimum absolute atomic E-state index is 0.341. The van der Waals surface area contributed by atoms with E-state index in [2.05, 4.69) is 5.32 Å². The molecule has 1 N–H and O–H groups in total. The number of fused-ring (bicyclic) bond motifs is 1. The molecule has 0 saturated heterocycles. The number of ether oxygens (including phenoxy) is 2. The zero-order chi connectivity index (χ0) is 26.3. The Morgan fingerprint density at radius 2 is 1.58 bits per heavy atom. The van der Waals surface area contributed by atoms with Crippen molar-refractivity contribution in [3.8, 4) is 11.3 Å². The van der Waals surface area contributed by atoms with Crippen LogP contribution < -0.4 is 5.32 Å². The summed E-state index contributed by atoms with van der Waals surface area (Å²) in [4.78, 5) is 33.3. The van der Waals surface area contributed by atoms with E-state index < -0.39 is 17.3 Å². The van der Waals surface area contributed by atoms with Gasteiger partial charge in [0.15, 0.2) is 11.7 Å². The number of hydrogen-bond acceptors (Lipinski definition) is 6. The molecule has 2 aromatic carbocycles. The molecule has 0 bridgehead atoms. The lowest BCUT2D eigenvalue weighted by Crippen LogP contribution is -2.27. The second-order valence-electron chi connectivity index (χ2n) is 10.7. The van der Waals surface area contributed by atoms with Crippen molar-refractivity contribution in [2.75, 3.05) is 5.32 Å². The fourth-order valence-electron chi connectivity index (χ4n) is 3.66. The Morgan fingerprint density at radius 3 is 2.22 bits per heavy atom. The van der Waals surface area contributed by atoms with Crippen LogP contribution >= 0.6 is 0 Å². The SMILES string of the molecule is CC(C)(C)OC(=O)Nc1ccc2nc(-c3ccccc3)c(CCCCC(=C=O)OC(C)(C)C)nc2c1. The standard InChI is InChI=1S/C29H35N3O4/c1-28(2,3)35-22(19-33)14-10-11-15-24-26(20-12-8-7-9-13-20)32-23-17-16-21(18-25(23)31-24)30-27(34)36-29(4,5)6/h7-9,12-13,16-18H,10-11,14-15H2,1-6H3,(H,30,34). The number of hydrogen-bond donors (Lipinski definition) is 1. The fourth-order valence-corrected chi connectivity index (χ4v) is 3.66. The van der Waals surface area contributed by atoms with Gasteiger partial charge in [-0.2, -0.15) is 0 Å². The Hall–Kier alpha value is -3.70. The van der Waals surface area contributed by atoms with Crippen molar-refractivity contribution < 1.29 is 19.1 Å². The molecule has 0 aliphatic heterocycles. The van der Waals surface area contributed by atoms with Gasteiger partial charge in [-0.15, -0.1) is 0 Å². The summed E-state index contributed by atoms with van der Waals surface area (Å²) in [5.41, 5.74) is 3.66. The third-order valence-corrected chi connectivity index (χ3v) is 5.04. The number of carbonyl (C=O) groups excluding carboxylic acids is 2. The first kappa shape index (κ1) is 26.9. The molecule has 0 aliphatic rings. The molecule has 0 saturated carbocycles. The summed E-state index contributed by atoms with van der Waals surface area (Å²) in [6, 6.07) is 15.4. The third-order valence-electron chi connectivity index (χ3n) is 5.04. The molecule has 0 aliphatic carbocycles. The highest BCUT2D eigenvalue weighted by atomic mass is 16.6. The molecule has 0 atom stereocenters. The number of nitrogens with one attached hydrogen (secondary N) is 1. The number of allylic oxidation sites excluding steroid dienone is 1. The lowest BCUT2D eigenvalue weighted by atomic mass is 10.0. The molecule has 1 aromatic heterocycles. The van der Waals surface area contributed by atoms with Gasteiger partial charge in [-0.1, -0.05) is 30.3 Å². The Kier molecular flexibility index (Phi) is 8.49. The van der Waals surface area contributed by atoms with Crippen LogP contribution in [0.25, 0.3) is 22.3 Å². The maximum absolute atomic E-state index is 12.2. The van der Waals surface area contributed by atoms with Crippen LogP contribution in [0.2, 0.25) is 0 Å². The molecule has 7 nitrogen and oxygen atoms in total. The second kappa shape index (κ2) is 11.4. The van der Waals surface area contributed by atoms with Crippen LogP contribution in [0.5, 0.6) is 0 Å². The number of nitrogens with zero attached hydrogens (tertiary/aromatic N) is 2. The highest BCUT2D eigenvalue weighted by Gasteiger charge is 2.18. The Bertz CT molecular complexity index is 1250. The molecule has 1 amide bonds. The zero-order valence-corrected chi connectivity index (χ0v) is 22.0. The summed E-state index contributed by atoms with van der Waals surface area (Å²) in [6.45, 7) is 11.2. The van der Waals surface area contributed by atoms with Crippen LogP contribution in [-0.4, -0.2) is 33.2 Å². The maximum atomic E-state index is 12.2. The fraction of sp³-hybridized carbons (Fsp3) is 0.414. The summed E-state index contributed by atoms with van der Waals surface area (Å²) in [7, 11) is 0. The van der Waals surface area contributed by atoms with E-state index in [-0.39, 0.29) is 0 Å². The van der Waals surface area contributed by atoms with Gasteiger partial charge in [0.05, 0.1) is 22.4 Å². The number of rotatable bonds is 8. The molecule has 36 heavy (non-hydrogen) atoms. The predicted octanol–water partition coefficient (Wildman–Crippen LogP) is 6.89. The van der Waals surface area contributed by atoms with Gasteiger partial charge in [0.1, 0.15) is 11.2 Å². The van der Waals surface area contributed by atoms with Crippen molar-refractivity contribution in [3.63, 3.8) is 0 Å². The van der Waals surface area contributed by atoms with Gasteiger partial charge in [-0.3, -0.25) is 5.32 Å². The van der Waals surface area contributed by atoms with Gasteiger partial charge in [0.25, 0.3) is 0 Å². The minimum Gasteiger partial charge on any atom is -0.481 e. The number of aromatic nitrogens is 2. The van der Waals surface area contributed by atoms with Gasteiger partial charge < -0.3 is 9.47 Å². The molecule has 0 unspecified atom stereocenters. The van der Waals surface area contributed by atoms with Gasteiger partial charge in [0.2, 0.25) is 0 Å². The van der Waals surface area contributed by atoms with Gasteiger partial charge >= 0.3 is 6.09 Å². The molecule has 0 radical (unpaired) electrons. The lowest BCUT2D eigenvalue weighted by Gasteiger charge is -2.21. The van der Waals surface area contributed by atoms with Crippen molar-refractivity contribution in [3.05, 3.63) is 60.0 Å². The first-order valence-electron chi connectivity index (χ1n) is 12.2. The molecule has 3 rings (SSSR count). The monoisotopic (exact) mass is 489 g/mol. The molecule has 0 fully saturated rings. The predicted molar refractivity (Wildman–Crippen MR) is 142 cm³/mol. The van der Waals surface area contributed by atoms with Crippen molar-refractivity contribution in [2.45, 2.75) is 78.4 Å². The average molecular weight is 490 g/mol. The van der Waals surface area contributed by atoms with Crippen molar-refractivity contribution in [1.82, 2.24) is 9.97 Å². The van der Waals surface area contributed by atoms with Crippen LogP contribution in [0.1, 0.15) is 66.5 Å². The summed E-state index contributed by atoms with van der Waals surface area (Å²) < 4.78 is 11.0. The second-order valence-corrected chi connectivity index (χ2v) is 10.7. The van der Waals surface area contributed by atoms with E-state index in [1.807, 2.05) is 83.9 Å². The van der Waals surface area contributed by atoms with E-state index >= 15 is 0 Å². The highest BCUT2D eigenvalue weighted by Crippen LogP contribution is 2.27. The molecular formula is C29H35N3O4. The largest absolute Gasteiger partial charge is 0.481 e. The normalized spacial score (nSPS) is 11.6. The molecule has 1 heterocycles. The first-order chi connectivity index (χ1) is 16.9. The van der Waals surface area contributed by atoms with Crippen LogP contribution in [-0.2, 0) is 20.7 Å². The van der Waals surface area contributed by atoms with Crippen LogP contribution in [0.3, 0.4) is 0 Å². The summed E-state index contributed by atoms with van der Waals surface area (Å²) in [5, 5.41) is 2.76. The van der Waals surface area contributed by atoms with Crippen LogP contribution in [0.15, 0.2) is 54.3 Å². The molecule has 7 heteroatoms. The van der Waals surface area contributed by atoms with E-state index in [1.54, 1.807) is 12.1 Å². The van der Waals surface area contributed by atoms with Gasteiger partial charge in [-0.05, 0) is 79.0 Å². The van der Waals surface area contributed by atoms with E-state index in [1.165, 1.54) is 0 Å². The van der Waals surface area contributed by atoms with E-state index in [4.69, 9.17) is 19.4 Å². The molecule has 190 valence electrons. The first-order valence-corrected chi connectivity index (χ1v) is 12.2. The van der Waals surface area contributed by atoms with E-state index in [0.29, 0.717) is 29.8 Å². The highest BCUT2D eigenvalue weighted by molar-refractivity contribution is 5.89. The number of aryl methyl sites for hydroxylation is 1. The number of carbonyl (C=O) groups is 1. The van der Waals surface area contributed by atoms with E-state index in [0.717, 1.165) is 35.3 Å². The molecular weight excluding hydrogens is 454 g/mol. The van der Waals surface area contributed by atoms with Crippen molar-refractivity contribution in [1.29, 1.82) is 0 Å². The zero-order valence-electron chi connectivity index (χ0n) is 22.0. The maximum Gasteiger partial charge on any atom is 0.412 e. The Balaban J connectivity index is 1.83. The van der Waals surface area contributed by atoms with Crippen molar-refractivity contribution >= 4 is 28.8 Å². The van der Waals surface area contributed by atoms with E-state index in [9.17, 15) is 9.59 Å². The molecule has 3 aromatic rings. The lowest BCUT2D eigenvalue weighted by molar-refractivity contribution is 0.0488. The van der Waals surface area contributed by atoms with Gasteiger partial charge in [0, 0.05) is 17.7 Å². The third kappa shape index (κ3) is 8.21. The quantitative estimate of drug-likeness (QED) is 0.211. The minimum atomic E-state index is -0.588. The smallest absolute Gasteiger partial charge is 0.412 e. The topological polar surface area (TPSA) is 90.4 Å². The number of unbranched alkanes of at least 4 members (excludes halogenated alkanes) is 1. The summed E-state index contributed by atoms with van der Waals surface area (Å²) in [5.74, 6) is 2.27. The van der Waals surface area contributed by atoms with Gasteiger partial charge in [-0.25, -0.2) is 19.6 Å². The van der Waals surface area contributed by atoms with Crippen LogP contribution in [0, 0.1) is 0 Å². The number of benzene rings is 2. The van der Waals surface area contributed by atoms with Crippen molar-refractivity contribution in [2.24, 2.45) is 0 Å². The van der Waals surface area contributed by atoms with Crippen LogP contribution in [0.4, 0.5) is 10.5 Å².